The summed E-state index contributed by atoms with van der Waals surface area (Å²) in [7, 11) is 0. The highest BCUT2D eigenvalue weighted by Gasteiger charge is 2.32. The van der Waals surface area contributed by atoms with Gasteiger partial charge in [-0.1, -0.05) is 58.0 Å². The van der Waals surface area contributed by atoms with Gasteiger partial charge in [0, 0.05) is 0 Å². The maximum atomic E-state index is 11.1. The number of benzene rings is 1. The molecule has 10 heteroatoms. The van der Waals surface area contributed by atoms with Gasteiger partial charge in [-0.05, 0) is 29.8 Å². The largest absolute Gasteiger partial charge is 0.291 e. The first kappa shape index (κ1) is 16.1. The fraction of sp³-hybridized carbons (Fsp3) is 0.100. The van der Waals surface area contributed by atoms with Crippen molar-refractivity contribution in [1.82, 2.24) is 14.8 Å². The summed E-state index contributed by atoms with van der Waals surface area (Å²) in [6.07, 6.45) is 0. The van der Waals surface area contributed by atoms with Crippen molar-refractivity contribution in [3.05, 3.63) is 39.9 Å². The molecule has 0 aliphatic heterocycles. The summed E-state index contributed by atoms with van der Waals surface area (Å²) in [5, 5.41) is 3.63. The molecule has 0 unspecified atom stereocenters. The summed E-state index contributed by atoms with van der Waals surface area (Å²) in [6, 6.07) is 4.59. The smallest absolute Gasteiger partial charge is 0.272 e. The quantitative estimate of drug-likeness (QED) is 0.545. The van der Waals surface area contributed by atoms with Crippen LogP contribution in [0, 0.1) is 0 Å². The zero-order chi connectivity index (χ0) is 15.1. The zero-order valence-electron chi connectivity index (χ0n) is 9.25. The van der Waals surface area contributed by atoms with E-state index in [1.54, 1.807) is 6.07 Å². The minimum absolute atomic E-state index is 0.0927. The van der Waals surface area contributed by atoms with Gasteiger partial charge in [0.25, 0.3) is 5.24 Å². The van der Waals surface area contributed by atoms with Crippen LogP contribution in [0.4, 0.5) is 0 Å². The molecule has 0 amide bonds. The van der Waals surface area contributed by atoms with Gasteiger partial charge >= 0.3 is 0 Å². The third-order valence-electron chi connectivity index (χ3n) is 2.18. The third-order valence-corrected chi connectivity index (χ3v) is 3.60. The summed E-state index contributed by atoms with van der Waals surface area (Å²) in [5.74, 6) is -0.385. The molecule has 1 aromatic heterocycles. The molecule has 2 rings (SSSR count). The van der Waals surface area contributed by atoms with Gasteiger partial charge in [0.05, 0.1) is 15.7 Å². The Morgan fingerprint density at radius 1 is 1.15 bits per heavy atom. The van der Waals surface area contributed by atoms with Crippen LogP contribution in [0.15, 0.2) is 18.2 Å². The molecule has 1 aromatic carbocycles. The maximum absolute atomic E-state index is 11.1. The molecule has 0 N–H and O–H groups in total. The van der Waals surface area contributed by atoms with Gasteiger partial charge in [-0.15, -0.1) is 5.10 Å². The first-order valence-electron chi connectivity index (χ1n) is 4.89. The van der Waals surface area contributed by atoms with Crippen molar-refractivity contribution in [3.8, 4) is 5.69 Å². The lowest BCUT2D eigenvalue weighted by molar-refractivity contribution is 0.107. The molecule has 1 heterocycles. The molecule has 2 aromatic rings. The highest BCUT2D eigenvalue weighted by Crippen LogP contribution is 2.38. The average Bonchev–Trinajstić information content (AvgIpc) is 2.77. The number of nitrogens with zero attached hydrogens (tertiary/aromatic N) is 3. The number of alkyl halides is 3. The molecule has 0 spiro atoms. The van der Waals surface area contributed by atoms with Crippen molar-refractivity contribution in [3.63, 3.8) is 0 Å². The molecule has 4 nitrogen and oxygen atoms in total. The molecular formula is C10H3Cl6N3O. The van der Waals surface area contributed by atoms with E-state index in [0.717, 1.165) is 4.68 Å². The fourth-order valence-corrected chi connectivity index (χ4v) is 2.11. The van der Waals surface area contributed by atoms with Crippen molar-refractivity contribution in [1.29, 1.82) is 0 Å². The lowest BCUT2D eigenvalue weighted by atomic mass is 10.3. The Hall–Kier alpha value is -0.230. The number of rotatable bonds is 2. The maximum Gasteiger partial charge on any atom is 0.291 e. The first-order chi connectivity index (χ1) is 9.20. The number of hydrogen-bond acceptors (Lipinski definition) is 3. The summed E-state index contributed by atoms with van der Waals surface area (Å²) in [4.78, 5) is 14.9. The van der Waals surface area contributed by atoms with Crippen molar-refractivity contribution in [2.24, 2.45) is 0 Å². The molecule has 0 aliphatic rings. The van der Waals surface area contributed by atoms with Crippen LogP contribution in [-0.2, 0) is 3.79 Å². The highest BCUT2D eigenvalue weighted by molar-refractivity contribution is 6.67. The molecule has 0 fully saturated rings. The molecule has 0 bridgehead atoms. The van der Waals surface area contributed by atoms with Crippen molar-refractivity contribution < 1.29 is 4.79 Å². The molecule has 0 saturated carbocycles. The second-order valence-electron chi connectivity index (χ2n) is 3.54. The Labute approximate surface area is 143 Å². The van der Waals surface area contributed by atoms with Crippen LogP contribution >= 0.6 is 69.6 Å². The van der Waals surface area contributed by atoms with E-state index in [4.69, 9.17) is 69.6 Å². The van der Waals surface area contributed by atoms with Gasteiger partial charge in [-0.3, -0.25) is 4.79 Å². The zero-order valence-corrected chi connectivity index (χ0v) is 13.8. The SMILES string of the molecule is O=C(Cl)c1nc(C(Cl)(Cl)Cl)n(-c2ccc(Cl)c(Cl)c2)n1. The topological polar surface area (TPSA) is 47.8 Å². The summed E-state index contributed by atoms with van der Waals surface area (Å²) in [6.45, 7) is 0. The Morgan fingerprint density at radius 3 is 2.30 bits per heavy atom. The lowest BCUT2D eigenvalue weighted by Gasteiger charge is -2.12. The second kappa shape index (κ2) is 5.87. The Kier molecular flexibility index (Phi) is 4.74. The van der Waals surface area contributed by atoms with Crippen LogP contribution in [0.5, 0.6) is 0 Å². The lowest BCUT2D eigenvalue weighted by Crippen LogP contribution is -2.11. The molecule has 0 atom stereocenters. The normalized spacial score (nSPS) is 11.7. The molecular weight excluding hydrogens is 391 g/mol. The Morgan fingerprint density at radius 2 is 1.80 bits per heavy atom. The number of hydrogen-bond donors (Lipinski definition) is 0. The van der Waals surface area contributed by atoms with Gasteiger partial charge in [0.1, 0.15) is 0 Å². The van der Waals surface area contributed by atoms with Gasteiger partial charge in [0.2, 0.25) is 9.62 Å². The number of carbonyl (C=O) groups excluding carboxylic acids is 1. The van der Waals surface area contributed by atoms with E-state index in [9.17, 15) is 4.79 Å². The predicted molar refractivity (Wildman–Crippen MR) is 80.8 cm³/mol. The average molecular weight is 394 g/mol. The van der Waals surface area contributed by atoms with Crippen molar-refractivity contribution in [2.75, 3.05) is 0 Å². The number of carbonyl (C=O) groups is 1. The summed E-state index contributed by atoms with van der Waals surface area (Å²) < 4.78 is -0.742. The van der Waals surface area contributed by atoms with Crippen molar-refractivity contribution >= 4 is 74.8 Å². The van der Waals surface area contributed by atoms with Crippen LogP contribution in [0.2, 0.25) is 10.0 Å². The fourth-order valence-electron chi connectivity index (χ4n) is 1.38. The van der Waals surface area contributed by atoms with E-state index in [1.807, 2.05) is 0 Å². The van der Waals surface area contributed by atoms with E-state index in [1.165, 1.54) is 12.1 Å². The minimum Gasteiger partial charge on any atom is -0.272 e. The summed E-state index contributed by atoms with van der Waals surface area (Å²) in [5.41, 5.74) is 0.414. The first-order valence-corrected chi connectivity index (χ1v) is 7.16. The van der Waals surface area contributed by atoms with Gasteiger partial charge in [-0.25, -0.2) is 9.67 Å². The molecule has 0 radical (unpaired) electrons. The summed E-state index contributed by atoms with van der Waals surface area (Å²) >= 11 is 34.5. The Bertz CT molecular complexity index is 678. The van der Waals surface area contributed by atoms with Crippen molar-refractivity contribution in [2.45, 2.75) is 3.79 Å². The predicted octanol–water partition coefficient (Wildman–Crippen LogP) is 4.78. The molecule has 20 heavy (non-hydrogen) atoms. The van der Waals surface area contributed by atoms with Gasteiger partial charge in [-0.2, -0.15) is 0 Å². The second-order valence-corrected chi connectivity index (χ2v) is 6.98. The van der Waals surface area contributed by atoms with Crippen LogP contribution in [0.25, 0.3) is 5.69 Å². The van der Waals surface area contributed by atoms with Gasteiger partial charge < -0.3 is 0 Å². The van der Waals surface area contributed by atoms with E-state index < -0.39 is 9.03 Å². The van der Waals surface area contributed by atoms with Gasteiger partial charge in [0.15, 0.2) is 5.82 Å². The van der Waals surface area contributed by atoms with Crippen LogP contribution in [-0.4, -0.2) is 20.0 Å². The standard InChI is InChI=1S/C10H3Cl6N3O/c11-5-2-1-4(3-6(5)12)19-9(10(14,15)16)17-8(18-19)7(13)20/h1-3H. The van der Waals surface area contributed by atoms with Crippen LogP contribution < -0.4 is 0 Å². The highest BCUT2D eigenvalue weighted by atomic mass is 35.6. The third kappa shape index (κ3) is 3.32. The number of aromatic nitrogens is 3. The van der Waals surface area contributed by atoms with Crippen LogP contribution in [0.1, 0.15) is 16.4 Å². The molecule has 106 valence electrons. The molecule has 0 saturated heterocycles. The molecule has 0 aliphatic carbocycles. The Balaban J connectivity index is 2.65. The van der Waals surface area contributed by atoms with E-state index >= 15 is 0 Å². The van der Waals surface area contributed by atoms with E-state index in [0.29, 0.717) is 10.7 Å². The monoisotopic (exact) mass is 391 g/mol. The van der Waals surface area contributed by atoms with E-state index in [-0.39, 0.29) is 16.7 Å². The van der Waals surface area contributed by atoms with E-state index in [2.05, 4.69) is 10.1 Å². The number of halogens is 6. The minimum atomic E-state index is -1.90. The van der Waals surface area contributed by atoms with Crippen LogP contribution in [0.3, 0.4) is 0 Å².